The van der Waals surface area contributed by atoms with E-state index in [-0.39, 0.29) is 4.90 Å². The number of carbonyl (C=O) groups is 1. The summed E-state index contributed by atoms with van der Waals surface area (Å²) < 4.78 is 43.7. The van der Waals surface area contributed by atoms with Crippen LogP contribution in [0.15, 0.2) is 53.4 Å². The van der Waals surface area contributed by atoms with Gasteiger partial charge in [0, 0.05) is 0 Å². The van der Waals surface area contributed by atoms with E-state index in [2.05, 4.69) is 4.72 Å². The number of carbonyl (C=O) groups excluding carboxylic acids is 1. The maximum Gasteiger partial charge on any atom is 0.326 e. The first-order valence-corrected chi connectivity index (χ1v) is 7.88. The monoisotopic (exact) mass is 323 g/mol. The summed E-state index contributed by atoms with van der Waals surface area (Å²) in [5, 5.41) is 0. The number of esters is 1. The van der Waals surface area contributed by atoms with Crippen molar-refractivity contribution >= 4 is 16.0 Å². The largest absolute Gasteiger partial charge is 0.426 e. The van der Waals surface area contributed by atoms with Gasteiger partial charge in [-0.05, 0) is 43.3 Å². The smallest absolute Gasteiger partial charge is 0.326 e. The lowest BCUT2D eigenvalue weighted by atomic mass is 10.2. The molecule has 0 heterocycles. The molecule has 0 saturated heterocycles. The van der Waals surface area contributed by atoms with Crippen LogP contribution < -0.4 is 9.46 Å². The number of sulfonamides is 1. The van der Waals surface area contributed by atoms with E-state index in [0.29, 0.717) is 5.75 Å². The second-order valence-electron chi connectivity index (χ2n) is 4.57. The van der Waals surface area contributed by atoms with Crippen LogP contribution in [0.25, 0.3) is 0 Å². The third kappa shape index (κ3) is 4.37. The minimum absolute atomic E-state index is 0.128. The van der Waals surface area contributed by atoms with E-state index in [1.54, 1.807) is 24.3 Å². The SMILES string of the molecule is Cc1ccc(OC(=O)CNS(=O)(=O)c2ccc(F)cc2)cc1. The first-order valence-electron chi connectivity index (χ1n) is 6.39. The first kappa shape index (κ1) is 16.1. The Morgan fingerprint density at radius 1 is 1.09 bits per heavy atom. The van der Waals surface area contributed by atoms with Gasteiger partial charge in [-0.3, -0.25) is 4.79 Å². The van der Waals surface area contributed by atoms with E-state index in [0.717, 1.165) is 29.8 Å². The van der Waals surface area contributed by atoms with E-state index >= 15 is 0 Å². The topological polar surface area (TPSA) is 72.5 Å². The molecule has 22 heavy (non-hydrogen) atoms. The highest BCUT2D eigenvalue weighted by Gasteiger charge is 2.16. The summed E-state index contributed by atoms with van der Waals surface area (Å²) in [5.41, 5.74) is 1.01. The van der Waals surface area contributed by atoms with Crippen LogP contribution in [-0.4, -0.2) is 20.9 Å². The molecule has 7 heteroatoms. The number of nitrogens with one attached hydrogen (secondary N) is 1. The average Bonchev–Trinajstić information content (AvgIpc) is 2.48. The molecule has 0 atom stereocenters. The van der Waals surface area contributed by atoms with Crippen LogP contribution in [0.1, 0.15) is 5.56 Å². The normalized spacial score (nSPS) is 11.2. The van der Waals surface area contributed by atoms with Crippen LogP contribution in [0, 0.1) is 12.7 Å². The number of halogens is 1. The van der Waals surface area contributed by atoms with Crippen molar-refractivity contribution in [2.45, 2.75) is 11.8 Å². The summed E-state index contributed by atoms with van der Waals surface area (Å²) in [6.45, 7) is 1.37. The Bertz CT molecular complexity index is 755. The number of rotatable bonds is 5. The molecule has 2 aromatic carbocycles. The molecule has 0 aliphatic heterocycles. The third-order valence-electron chi connectivity index (χ3n) is 2.78. The highest BCUT2D eigenvalue weighted by Crippen LogP contribution is 2.12. The zero-order valence-corrected chi connectivity index (χ0v) is 12.6. The number of aryl methyl sites for hydroxylation is 1. The van der Waals surface area contributed by atoms with Gasteiger partial charge in [0.15, 0.2) is 0 Å². The Morgan fingerprint density at radius 3 is 2.27 bits per heavy atom. The fourth-order valence-electron chi connectivity index (χ4n) is 1.62. The second kappa shape index (κ2) is 6.67. The molecule has 0 bridgehead atoms. The highest BCUT2D eigenvalue weighted by atomic mass is 32.2. The van der Waals surface area contributed by atoms with Gasteiger partial charge in [0.05, 0.1) is 4.90 Å². The molecule has 0 saturated carbocycles. The molecule has 116 valence electrons. The Labute approximate surface area is 127 Å². The van der Waals surface area contributed by atoms with Crippen molar-refractivity contribution in [2.24, 2.45) is 0 Å². The van der Waals surface area contributed by atoms with Crippen LogP contribution >= 0.6 is 0 Å². The minimum Gasteiger partial charge on any atom is -0.426 e. The number of ether oxygens (including phenoxy) is 1. The van der Waals surface area contributed by atoms with E-state index in [4.69, 9.17) is 4.74 Å². The molecule has 0 spiro atoms. The summed E-state index contributed by atoms with van der Waals surface area (Å²) in [7, 11) is -3.89. The molecule has 0 fully saturated rings. The molecule has 2 rings (SSSR count). The highest BCUT2D eigenvalue weighted by molar-refractivity contribution is 7.89. The Kier molecular flexibility index (Phi) is 4.89. The van der Waals surface area contributed by atoms with Crippen LogP contribution in [0.5, 0.6) is 5.75 Å². The van der Waals surface area contributed by atoms with Crippen LogP contribution in [0.3, 0.4) is 0 Å². The van der Waals surface area contributed by atoms with Gasteiger partial charge in [-0.1, -0.05) is 17.7 Å². The van der Waals surface area contributed by atoms with Crippen LogP contribution in [-0.2, 0) is 14.8 Å². The number of benzene rings is 2. The quantitative estimate of drug-likeness (QED) is 0.675. The van der Waals surface area contributed by atoms with Crippen molar-refractivity contribution in [3.63, 3.8) is 0 Å². The van der Waals surface area contributed by atoms with E-state index < -0.39 is 28.4 Å². The lowest BCUT2D eigenvalue weighted by molar-refractivity contribution is -0.133. The maximum atomic E-state index is 12.8. The maximum absolute atomic E-state index is 12.8. The lowest BCUT2D eigenvalue weighted by Crippen LogP contribution is -2.31. The minimum atomic E-state index is -3.89. The fraction of sp³-hybridized carbons (Fsp3) is 0.133. The third-order valence-corrected chi connectivity index (χ3v) is 4.20. The molecular formula is C15H14FNO4S. The summed E-state index contributed by atoms with van der Waals surface area (Å²) in [6.07, 6.45) is 0. The van der Waals surface area contributed by atoms with E-state index in [1.165, 1.54) is 0 Å². The zero-order valence-electron chi connectivity index (χ0n) is 11.7. The summed E-state index contributed by atoms with van der Waals surface area (Å²) in [6, 6.07) is 11.0. The standard InChI is InChI=1S/C15H14FNO4S/c1-11-2-6-13(7-3-11)21-15(18)10-17-22(19,20)14-8-4-12(16)5-9-14/h2-9,17H,10H2,1H3. The van der Waals surface area contributed by atoms with Gasteiger partial charge in [0.25, 0.3) is 0 Å². The van der Waals surface area contributed by atoms with Crippen molar-refractivity contribution < 1.29 is 22.3 Å². The molecule has 2 aromatic rings. The number of hydrogen-bond donors (Lipinski definition) is 1. The molecule has 0 aliphatic carbocycles. The fourth-order valence-corrected chi connectivity index (χ4v) is 2.59. The van der Waals surface area contributed by atoms with Gasteiger partial charge in [-0.15, -0.1) is 0 Å². The second-order valence-corrected chi connectivity index (χ2v) is 6.33. The van der Waals surface area contributed by atoms with Gasteiger partial charge >= 0.3 is 5.97 Å². The molecule has 0 unspecified atom stereocenters. The molecule has 0 aromatic heterocycles. The van der Waals surface area contributed by atoms with Crippen LogP contribution in [0.2, 0.25) is 0 Å². The molecular weight excluding hydrogens is 309 g/mol. The van der Waals surface area contributed by atoms with Gasteiger partial charge in [0.2, 0.25) is 10.0 Å². The molecule has 5 nitrogen and oxygen atoms in total. The van der Waals surface area contributed by atoms with E-state index in [9.17, 15) is 17.6 Å². The van der Waals surface area contributed by atoms with Gasteiger partial charge < -0.3 is 4.74 Å². The predicted octanol–water partition coefficient (Wildman–Crippen LogP) is 2.02. The van der Waals surface area contributed by atoms with Crippen molar-refractivity contribution in [1.82, 2.24) is 4.72 Å². The van der Waals surface area contributed by atoms with Crippen molar-refractivity contribution in [1.29, 1.82) is 0 Å². The average molecular weight is 323 g/mol. The summed E-state index contributed by atoms with van der Waals surface area (Å²) in [4.78, 5) is 11.5. The Hall–Kier alpha value is -2.25. The van der Waals surface area contributed by atoms with Crippen molar-refractivity contribution in [2.75, 3.05) is 6.54 Å². The molecule has 0 amide bonds. The predicted molar refractivity (Wildman–Crippen MR) is 78.4 cm³/mol. The van der Waals surface area contributed by atoms with E-state index in [1.807, 2.05) is 6.92 Å². The van der Waals surface area contributed by atoms with Gasteiger partial charge in [-0.2, -0.15) is 4.72 Å². The van der Waals surface area contributed by atoms with Crippen molar-refractivity contribution in [3.8, 4) is 5.75 Å². The van der Waals surface area contributed by atoms with Gasteiger partial charge in [0.1, 0.15) is 18.1 Å². The molecule has 1 N–H and O–H groups in total. The number of hydrogen-bond acceptors (Lipinski definition) is 4. The first-order chi connectivity index (χ1) is 10.4. The Morgan fingerprint density at radius 2 is 1.68 bits per heavy atom. The van der Waals surface area contributed by atoms with Gasteiger partial charge in [-0.25, -0.2) is 12.8 Å². The Balaban J connectivity index is 1.95. The summed E-state index contributed by atoms with van der Waals surface area (Å²) >= 11 is 0. The summed E-state index contributed by atoms with van der Waals surface area (Å²) in [5.74, 6) is -0.955. The zero-order chi connectivity index (χ0) is 16.2. The van der Waals surface area contributed by atoms with Crippen LogP contribution in [0.4, 0.5) is 4.39 Å². The molecule has 0 aliphatic rings. The lowest BCUT2D eigenvalue weighted by Gasteiger charge is -2.07. The van der Waals surface area contributed by atoms with Crippen molar-refractivity contribution in [3.05, 3.63) is 59.9 Å². The molecule has 0 radical (unpaired) electrons.